The third-order valence-corrected chi connectivity index (χ3v) is 5.25. The number of nitrogens with one attached hydrogen (secondary N) is 2. The van der Waals surface area contributed by atoms with Gasteiger partial charge in [-0.3, -0.25) is 4.90 Å². The van der Waals surface area contributed by atoms with Crippen molar-refractivity contribution >= 4 is 21.6 Å². The number of piperazine rings is 1. The van der Waals surface area contributed by atoms with Crippen LogP contribution in [0.1, 0.15) is 5.56 Å². The Kier molecular flexibility index (Phi) is 5.40. The highest BCUT2D eigenvalue weighted by atomic mass is 35.5. The fourth-order valence-electron chi connectivity index (χ4n) is 2.17. The highest BCUT2D eigenvalue weighted by molar-refractivity contribution is 7.89. The molecule has 0 aromatic heterocycles. The van der Waals surface area contributed by atoms with E-state index in [1.54, 1.807) is 18.2 Å². The van der Waals surface area contributed by atoms with Gasteiger partial charge in [-0.25, -0.2) is 13.1 Å². The molecule has 0 aliphatic carbocycles. The zero-order valence-electron chi connectivity index (χ0n) is 11.5. The Hall–Kier alpha value is -0.660. The second-order valence-corrected chi connectivity index (χ2v) is 7.07. The molecule has 7 heteroatoms. The van der Waals surface area contributed by atoms with E-state index in [9.17, 15) is 8.42 Å². The maximum atomic E-state index is 12.2. The Morgan fingerprint density at radius 1 is 1.35 bits per heavy atom. The molecule has 0 saturated carbocycles. The van der Waals surface area contributed by atoms with Crippen molar-refractivity contribution in [3.8, 4) is 0 Å². The number of benzene rings is 1. The van der Waals surface area contributed by atoms with Gasteiger partial charge in [-0.2, -0.15) is 0 Å². The molecule has 20 heavy (non-hydrogen) atoms. The predicted octanol–water partition coefficient (Wildman–Crippen LogP) is 0.832. The largest absolute Gasteiger partial charge is 0.314 e. The van der Waals surface area contributed by atoms with E-state index >= 15 is 0 Å². The molecule has 1 aliphatic heterocycles. The summed E-state index contributed by atoms with van der Waals surface area (Å²) in [4.78, 5) is 2.39. The summed E-state index contributed by atoms with van der Waals surface area (Å²) in [6, 6.07) is 5.00. The molecule has 1 aliphatic rings. The van der Waals surface area contributed by atoms with Crippen LogP contribution in [0.5, 0.6) is 0 Å². The number of halogens is 1. The van der Waals surface area contributed by atoms with Gasteiger partial charge in [0, 0.05) is 39.3 Å². The first kappa shape index (κ1) is 15.7. The number of hydrogen-bond donors (Lipinski definition) is 2. The Bertz CT molecular complexity index is 557. The predicted molar refractivity (Wildman–Crippen MR) is 80.7 cm³/mol. The molecule has 0 unspecified atom stereocenters. The van der Waals surface area contributed by atoms with E-state index in [-0.39, 0.29) is 9.92 Å². The van der Waals surface area contributed by atoms with E-state index < -0.39 is 10.0 Å². The Morgan fingerprint density at radius 3 is 2.75 bits per heavy atom. The molecule has 0 amide bonds. The lowest BCUT2D eigenvalue weighted by Gasteiger charge is -2.27. The normalized spacial score (nSPS) is 17.3. The Labute approximate surface area is 125 Å². The molecule has 0 spiro atoms. The van der Waals surface area contributed by atoms with Crippen molar-refractivity contribution in [2.75, 3.05) is 39.3 Å². The van der Waals surface area contributed by atoms with E-state index in [0.29, 0.717) is 13.1 Å². The highest BCUT2D eigenvalue weighted by Gasteiger charge is 2.18. The fraction of sp³-hybridized carbons (Fsp3) is 0.538. The molecule has 0 radical (unpaired) electrons. The number of rotatable bonds is 5. The first-order valence-corrected chi connectivity index (χ1v) is 8.54. The van der Waals surface area contributed by atoms with Crippen molar-refractivity contribution in [3.63, 3.8) is 0 Å². The van der Waals surface area contributed by atoms with Crippen molar-refractivity contribution in [2.45, 2.75) is 11.8 Å². The topological polar surface area (TPSA) is 61.4 Å². The summed E-state index contributed by atoms with van der Waals surface area (Å²) in [6.07, 6.45) is 0. The summed E-state index contributed by atoms with van der Waals surface area (Å²) in [5.74, 6) is 0. The van der Waals surface area contributed by atoms with Crippen LogP contribution in [-0.2, 0) is 10.0 Å². The van der Waals surface area contributed by atoms with E-state index in [1.807, 2.05) is 6.92 Å². The zero-order chi connectivity index (χ0) is 14.6. The van der Waals surface area contributed by atoms with Gasteiger partial charge in [-0.1, -0.05) is 17.7 Å². The monoisotopic (exact) mass is 317 g/mol. The molecule has 1 fully saturated rings. The first-order chi connectivity index (χ1) is 9.49. The van der Waals surface area contributed by atoms with Crippen LogP contribution in [0.3, 0.4) is 0 Å². The van der Waals surface area contributed by atoms with Crippen LogP contribution >= 0.6 is 11.6 Å². The minimum absolute atomic E-state index is 0.152. The molecule has 1 aromatic rings. The number of aryl methyl sites for hydroxylation is 1. The van der Waals surface area contributed by atoms with Gasteiger partial charge >= 0.3 is 0 Å². The third-order valence-electron chi connectivity index (χ3n) is 3.31. The Balaban J connectivity index is 1.95. The summed E-state index contributed by atoms with van der Waals surface area (Å²) < 4.78 is 27.1. The van der Waals surface area contributed by atoms with Crippen LogP contribution in [0.15, 0.2) is 23.1 Å². The van der Waals surface area contributed by atoms with E-state index in [1.165, 1.54) is 0 Å². The van der Waals surface area contributed by atoms with Crippen molar-refractivity contribution < 1.29 is 8.42 Å². The molecule has 1 saturated heterocycles. The van der Waals surface area contributed by atoms with Crippen molar-refractivity contribution in [1.82, 2.24) is 14.9 Å². The van der Waals surface area contributed by atoms with E-state index in [0.717, 1.165) is 31.7 Å². The lowest BCUT2D eigenvalue weighted by Crippen LogP contribution is -2.46. The minimum atomic E-state index is -3.54. The number of hydrogen-bond acceptors (Lipinski definition) is 4. The molecule has 1 aromatic carbocycles. The second-order valence-electron chi connectivity index (χ2n) is 4.92. The van der Waals surface area contributed by atoms with Crippen LogP contribution in [0.4, 0.5) is 0 Å². The molecule has 0 bridgehead atoms. The van der Waals surface area contributed by atoms with Crippen LogP contribution in [-0.4, -0.2) is 52.6 Å². The van der Waals surface area contributed by atoms with Crippen LogP contribution < -0.4 is 10.0 Å². The average molecular weight is 318 g/mol. The molecular weight excluding hydrogens is 298 g/mol. The van der Waals surface area contributed by atoms with Crippen LogP contribution in [0, 0.1) is 6.92 Å². The Morgan fingerprint density at radius 2 is 2.05 bits per heavy atom. The molecule has 2 N–H and O–H groups in total. The summed E-state index contributed by atoms with van der Waals surface area (Å²) in [5, 5.41) is 3.52. The van der Waals surface area contributed by atoms with Gasteiger partial charge in [0.15, 0.2) is 0 Å². The van der Waals surface area contributed by atoms with Gasteiger partial charge in [0.2, 0.25) is 10.0 Å². The van der Waals surface area contributed by atoms with Crippen molar-refractivity contribution in [2.24, 2.45) is 0 Å². The zero-order valence-corrected chi connectivity index (χ0v) is 13.1. The minimum Gasteiger partial charge on any atom is -0.314 e. The summed E-state index contributed by atoms with van der Waals surface area (Å²) >= 11 is 5.97. The van der Waals surface area contributed by atoms with E-state index in [2.05, 4.69) is 14.9 Å². The molecule has 1 heterocycles. The molecule has 2 rings (SSSR count). The smallest absolute Gasteiger partial charge is 0.242 e. The maximum absolute atomic E-state index is 12.2. The number of nitrogens with zero attached hydrogens (tertiary/aromatic N) is 1. The average Bonchev–Trinajstić information content (AvgIpc) is 2.42. The summed E-state index contributed by atoms with van der Waals surface area (Å²) in [5.41, 5.74) is 0.872. The SMILES string of the molecule is Cc1ccc(Cl)c(S(=O)(=O)NCCN2CCNCC2)c1. The van der Waals surface area contributed by atoms with Crippen molar-refractivity contribution in [3.05, 3.63) is 28.8 Å². The van der Waals surface area contributed by atoms with Gasteiger partial charge in [0.05, 0.1) is 5.02 Å². The van der Waals surface area contributed by atoms with Crippen LogP contribution in [0.2, 0.25) is 5.02 Å². The molecule has 0 atom stereocenters. The van der Waals surface area contributed by atoms with Crippen LogP contribution in [0.25, 0.3) is 0 Å². The van der Waals surface area contributed by atoms with Gasteiger partial charge in [0.25, 0.3) is 0 Å². The maximum Gasteiger partial charge on any atom is 0.242 e. The summed E-state index contributed by atoms with van der Waals surface area (Å²) in [6.45, 7) is 6.76. The lowest BCUT2D eigenvalue weighted by molar-refractivity contribution is 0.245. The van der Waals surface area contributed by atoms with Gasteiger partial charge in [-0.05, 0) is 24.6 Å². The summed E-state index contributed by atoms with van der Waals surface area (Å²) in [7, 11) is -3.54. The molecule has 112 valence electrons. The van der Waals surface area contributed by atoms with Crippen molar-refractivity contribution in [1.29, 1.82) is 0 Å². The van der Waals surface area contributed by atoms with Gasteiger partial charge < -0.3 is 5.32 Å². The van der Waals surface area contributed by atoms with E-state index in [4.69, 9.17) is 11.6 Å². The lowest BCUT2D eigenvalue weighted by atomic mass is 10.2. The first-order valence-electron chi connectivity index (χ1n) is 6.68. The molecular formula is C13H20ClN3O2S. The van der Waals surface area contributed by atoms with Gasteiger partial charge in [-0.15, -0.1) is 0 Å². The third kappa shape index (κ3) is 4.17. The number of sulfonamides is 1. The second kappa shape index (κ2) is 6.87. The quantitative estimate of drug-likeness (QED) is 0.844. The standard InChI is InChI=1S/C13H20ClN3O2S/c1-11-2-3-12(14)13(10-11)20(18,19)16-6-9-17-7-4-15-5-8-17/h2-3,10,15-16H,4-9H2,1H3. The molecule has 5 nitrogen and oxygen atoms in total. The van der Waals surface area contributed by atoms with Gasteiger partial charge in [0.1, 0.15) is 4.90 Å². The highest BCUT2D eigenvalue weighted by Crippen LogP contribution is 2.22. The fourth-order valence-corrected chi connectivity index (χ4v) is 3.77.